The molecule has 118 valence electrons. The van der Waals surface area contributed by atoms with Gasteiger partial charge in [0.1, 0.15) is 0 Å². The number of nitrogens with two attached hydrogens (primary N) is 1. The molecule has 1 aromatic carbocycles. The Bertz CT molecular complexity index is 554. The quantitative estimate of drug-likeness (QED) is 0.878. The van der Waals surface area contributed by atoms with Crippen molar-refractivity contribution < 1.29 is 8.42 Å². The molecule has 1 fully saturated rings. The largest absolute Gasteiger partial charge is 0.326 e. The van der Waals surface area contributed by atoms with E-state index in [1.165, 1.54) is 5.56 Å². The number of sulfonamides is 1. The highest BCUT2D eigenvalue weighted by Gasteiger charge is 2.27. The summed E-state index contributed by atoms with van der Waals surface area (Å²) in [5, 5.41) is 0. The molecular weight excluding hydrogens is 284 g/mol. The summed E-state index contributed by atoms with van der Waals surface area (Å²) in [7, 11) is -3.47. The van der Waals surface area contributed by atoms with E-state index in [0.717, 1.165) is 32.1 Å². The summed E-state index contributed by atoms with van der Waals surface area (Å²) in [6.07, 6.45) is 4.88. The average Bonchev–Trinajstić information content (AvgIpc) is 2.49. The Morgan fingerprint density at radius 3 is 2.43 bits per heavy atom. The predicted octanol–water partition coefficient (Wildman–Crippen LogP) is 2.75. The van der Waals surface area contributed by atoms with Gasteiger partial charge in [0.2, 0.25) is 10.0 Å². The Hall–Kier alpha value is -0.910. The number of rotatable bonds is 5. The molecule has 3 N–H and O–H groups in total. The van der Waals surface area contributed by atoms with E-state index in [9.17, 15) is 8.42 Å². The van der Waals surface area contributed by atoms with Crippen LogP contribution in [0.25, 0.3) is 0 Å². The molecule has 0 heterocycles. The number of hydrogen-bond donors (Lipinski definition) is 2. The summed E-state index contributed by atoms with van der Waals surface area (Å²) >= 11 is 0. The lowest BCUT2D eigenvalue weighted by Crippen LogP contribution is -2.49. The molecular formula is C16H26N2O2S. The third kappa shape index (κ3) is 4.05. The molecule has 2 rings (SSSR count). The van der Waals surface area contributed by atoms with Crippen LogP contribution in [0.5, 0.6) is 0 Å². The van der Waals surface area contributed by atoms with Gasteiger partial charge in [-0.2, -0.15) is 0 Å². The van der Waals surface area contributed by atoms with Gasteiger partial charge in [0.05, 0.1) is 4.90 Å². The van der Waals surface area contributed by atoms with Crippen molar-refractivity contribution in [3.05, 3.63) is 29.8 Å². The van der Waals surface area contributed by atoms with Crippen LogP contribution >= 0.6 is 0 Å². The van der Waals surface area contributed by atoms with Crippen molar-refractivity contribution in [1.82, 2.24) is 4.72 Å². The summed E-state index contributed by atoms with van der Waals surface area (Å²) in [5.74, 6) is 0.446. The summed E-state index contributed by atoms with van der Waals surface area (Å²) in [6.45, 7) is 4.27. The molecule has 0 saturated heterocycles. The molecule has 0 bridgehead atoms. The molecule has 1 aliphatic carbocycles. The van der Waals surface area contributed by atoms with Gasteiger partial charge in [0.15, 0.2) is 0 Å². The fourth-order valence-electron chi connectivity index (χ4n) is 2.78. The number of hydrogen-bond acceptors (Lipinski definition) is 3. The van der Waals surface area contributed by atoms with Crippen LogP contribution in [-0.4, -0.2) is 20.5 Å². The Morgan fingerprint density at radius 1 is 1.24 bits per heavy atom. The smallest absolute Gasteiger partial charge is 0.240 e. The van der Waals surface area contributed by atoms with Crippen LogP contribution in [-0.2, 0) is 10.0 Å². The van der Waals surface area contributed by atoms with Crippen LogP contribution in [0.2, 0.25) is 0 Å². The molecule has 0 aromatic heterocycles. The Kier molecular flexibility index (Phi) is 5.41. The minimum atomic E-state index is -3.47. The van der Waals surface area contributed by atoms with E-state index in [-0.39, 0.29) is 12.1 Å². The van der Waals surface area contributed by atoms with Crippen molar-refractivity contribution in [2.75, 3.05) is 0 Å². The fraction of sp³-hybridized carbons (Fsp3) is 0.625. The lowest BCUT2D eigenvalue weighted by atomic mass is 9.92. The molecule has 1 saturated carbocycles. The van der Waals surface area contributed by atoms with Crippen molar-refractivity contribution in [2.24, 2.45) is 5.73 Å². The maximum Gasteiger partial charge on any atom is 0.240 e. The fourth-order valence-corrected chi connectivity index (χ4v) is 4.11. The van der Waals surface area contributed by atoms with Crippen molar-refractivity contribution >= 4 is 10.0 Å². The first-order valence-corrected chi connectivity index (χ1v) is 9.30. The van der Waals surface area contributed by atoms with E-state index >= 15 is 0 Å². The van der Waals surface area contributed by atoms with Crippen molar-refractivity contribution in [3.63, 3.8) is 0 Å². The topological polar surface area (TPSA) is 72.2 Å². The second kappa shape index (κ2) is 6.90. The Labute approximate surface area is 128 Å². The second-order valence-electron chi connectivity index (χ2n) is 6.05. The van der Waals surface area contributed by atoms with Gasteiger partial charge in [-0.1, -0.05) is 38.8 Å². The first kappa shape index (κ1) is 16.5. The molecule has 1 aliphatic rings. The van der Waals surface area contributed by atoms with Gasteiger partial charge in [-0.25, -0.2) is 13.1 Å². The molecule has 3 unspecified atom stereocenters. The lowest BCUT2D eigenvalue weighted by molar-refractivity contribution is 0.361. The summed E-state index contributed by atoms with van der Waals surface area (Å²) in [4.78, 5) is 0.326. The second-order valence-corrected chi connectivity index (χ2v) is 7.77. The van der Waals surface area contributed by atoms with E-state index < -0.39 is 10.0 Å². The van der Waals surface area contributed by atoms with E-state index in [4.69, 9.17) is 5.73 Å². The lowest BCUT2D eigenvalue weighted by Gasteiger charge is -2.29. The number of benzene rings is 1. The van der Waals surface area contributed by atoms with Gasteiger partial charge >= 0.3 is 0 Å². The molecule has 5 heteroatoms. The van der Waals surface area contributed by atoms with E-state index in [2.05, 4.69) is 18.6 Å². The first-order chi connectivity index (χ1) is 9.94. The van der Waals surface area contributed by atoms with Crippen molar-refractivity contribution in [1.29, 1.82) is 0 Å². The molecule has 4 nitrogen and oxygen atoms in total. The monoisotopic (exact) mass is 310 g/mol. The molecule has 3 atom stereocenters. The molecule has 21 heavy (non-hydrogen) atoms. The molecule has 0 spiro atoms. The van der Waals surface area contributed by atoms with Gasteiger partial charge in [-0.3, -0.25) is 0 Å². The zero-order chi connectivity index (χ0) is 15.5. The Morgan fingerprint density at radius 2 is 1.86 bits per heavy atom. The molecule has 1 aromatic rings. The van der Waals surface area contributed by atoms with Crippen LogP contribution in [0.4, 0.5) is 0 Å². The van der Waals surface area contributed by atoms with Crippen LogP contribution in [0, 0.1) is 0 Å². The zero-order valence-corrected chi connectivity index (χ0v) is 13.7. The number of nitrogens with one attached hydrogen (secondary N) is 1. The summed E-state index contributed by atoms with van der Waals surface area (Å²) < 4.78 is 27.6. The zero-order valence-electron chi connectivity index (χ0n) is 12.9. The summed E-state index contributed by atoms with van der Waals surface area (Å²) in [6, 6.07) is 6.98. The van der Waals surface area contributed by atoms with Crippen LogP contribution < -0.4 is 10.5 Å². The van der Waals surface area contributed by atoms with Gasteiger partial charge in [0, 0.05) is 12.1 Å². The third-order valence-electron chi connectivity index (χ3n) is 4.50. The Balaban J connectivity index is 2.12. The van der Waals surface area contributed by atoms with Gasteiger partial charge in [-0.15, -0.1) is 0 Å². The van der Waals surface area contributed by atoms with Crippen LogP contribution in [0.3, 0.4) is 0 Å². The summed E-state index contributed by atoms with van der Waals surface area (Å²) in [5.41, 5.74) is 7.19. The van der Waals surface area contributed by atoms with E-state index in [1.807, 2.05) is 12.1 Å². The molecule has 0 radical (unpaired) electrons. The van der Waals surface area contributed by atoms with Crippen molar-refractivity contribution in [3.8, 4) is 0 Å². The predicted molar refractivity (Wildman–Crippen MR) is 85.7 cm³/mol. The van der Waals surface area contributed by atoms with E-state index in [0.29, 0.717) is 10.8 Å². The van der Waals surface area contributed by atoms with Crippen LogP contribution in [0.15, 0.2) is 29.2 Å². The van der Waals surface area contributed by atoms with Gasteiger partial charge in [0.25, 0.3) is 0 Å². The molecule has 0 amide bonds. The van der Waals surface area contributed by atoms with Gasteiger partial charge in [-0.05, 0) is 42.9 Å². The van der Waals surface area contributed by atoms with Crippen LogP contribution in [0.1, 0.15) is 57.4 Å². The normalized spacial score (nSPS) is 24.7. The SMILES string of the molecule is CCC(C)c1ccc(S(=O)(=O)NC2CCCCC2N)cc1. The van der Waals surface area contributed by atoms with E-state index in [1.54, 1.807) is 12.1 Å². The third-order valence-corrected chi connectivity index (χ3v) is 6.00. The maximum absolute atomic E-state index is 12.4. The highest BCUT2D eigenvalue weighted by Crippen LogP contribution is 2.22. The van der Waals surface area contributed by atoms with Crippen molar-refractivity contribution in [2.45, 2.75) is 68.8 Å². The highest BCUT2D eigenvalue weighted by atomic mass is 32.2. The average molecular weight is 310 g/mol. The maximum atomic E-state index is 12.4. The van der Waals surface area contributed by atoms with Gasteiger partial charge < -0.3 is 5.73 Å². The highest BCUT2D eigenvalue weighted by molar-refractivity contribution is 7.89. The first-order valence-electron chi connectivity index (χ1n) is 7.82. The minimum Gasteiger partial charge on any atom is -0.326 e. The minimum absolute atomic E-state index is 0.0760. The standard InChI is InChI=1S/C16H26N2O2S/c1-3-12(2)13-8-10-14(11-9-13)21(19,20)18-16-7-5-4-6-15(16)17/h8-12,15-16,18H,3-7,17H2,1-2H3. The molecule has 0 aliphatic heterocycles.